The number of aromatic nitrogens is 1. The molecule has 1 aliphatic heterocycles. The smallest absolute Gasteiger partial charge is 0.0691 e. The molecule has 28 heavy (non-hydrogen) atoms. The highest BCUT2D eigenvalue weighted by molar-refractivity contribution is 5.30. The molecule has 2 fully saturated rings. The molecule has 1 aliphatic carbocycles. The number of benzene rings is 1. The molecule has 3 nitrogen and oxygen atoms in total. The Bertz CT molecular complexity index is 782. The van der Waals surface area contributed by atoms with Crippen LogP contribution in [0.2, 0.25) is 0 Å². The molecule has 1 aromatic carbocycles. The lowest BCUT2D eigenvalue weighted by Gasteiger charge is -2.46. The Hall–Kier alpha value is -1.71. The molecule has 1 saturated carbocycles. The molecule has 1 saturated heterocycles. The molecule has 150 valence electrons. The molecule has 1 spiro atoms. The first-order chi connectivity index (χ1) is 13.6. The van der Waals surface area contributed by atoms with Crippen molar-refractivity contribution in [1.29, 1.82) is 0 Å². The highest BCUT2D eigenvalue weighted by Crippen LogP contribution is 2.49. The van der Waals surface area contributed by atoms with Gasteiger partial charge in [-0.1, -0.05) is 42.7 Å². The summed E-state index contributed by atoms with van der Waals surface area (Å²) in [5, 5.41) is 3.71. The van der Waals surface area contributed by atoms with Gasteiger partial charge < -0.3 is 10.1 Å². The summed E-state index contributed by atoms with van der Waals surface area (Å²) in [6.45, 7) is 7.19. The van der Waals surface area contributed by atoms with Gasteiger partial charge in [0.2, 0.25) is 0 Å². The van der Waals surface area contributed by atoms with Crippen LogP contribution >= 0.6 is 0 Å². The van der Waals surface area contributed by atoms with E-state index in [1.807, 2.05) is 12.3 Å². The van der Waals surface area contributed by atoms with Crippen molar-refractivity contribution in [2.45, 2.75) is 76.4 Å². The first-order valence-electron chi connectivity index (χ1n) is 10.9. The van der Waals surface area contributed by atoms with E-state index in [0.717, 1.165) is 39.0 Å². The molecule has 1 aromatic heterocycles. The van der Waals surface area contributed by atoms with E-state index in [1.54, 1.807) is 0 Å². The van der Waals surface area contributed by atoms with Gasteiger partial charge in [-0.2, -0.15) is 0 Å². The number of hydrogen-bond acceptors (Lipinski definition) is 3. The minimum absolute atomic E-state index is 0.101. The van der Waals surface area contributed by atoms with Crippen molar-refractivity contribution in [2.75, 3.05) is 13.2 Å². The monoisotopic (exact) mass is 378 g/mol. The quantitative estimate of drug-likeness (QED) is 0.698. The van der Waals surface area contributed by atoms with Gasteiger partial charge in [-0.25, -0.2) is 0 Å². The molecule has 2 aliphatic rings. The van der Waals surface area contributed by atoms with Crippen molar-refractivity contribution in [3.63, 3.8) is 0 Å². The molecular formula is C25H34N2O. The number of rotatable bonds is 6. The largest absolute Gasteiger partial charge is 0.375 e. The molecule has 0 bridgehead atoms. The van der Waals surface area contributed by atoms with E-state index in [2.05, 4.69) is 49.5 Å². The summed E-state index contributed by atoms with van der Waals surface area (Å²) in [4.78, 5) is 4.81. The standard InChI is InChI=1S/C25H34N2O/c1-20-8-9-22(21(2)17-20)18-26-15-12-24(23-7-3-6-14-27-23)13-16-28-25(19-24)10-4-5-11-25/h3,6-9,14,17,26H,4-5,10-13,15-16,18-19H2,1-2H3. The summed E-state index contributed by atoms with van der Waals surface area (Å²) in [6.07, 6.45) is 10.3. The zero-order valence-corrected chi connectivity index (χ0v) is 17.5. The fourth-order valence-electron chi connectivity index (χ4n) is 5.39. The average Bonchev–Trinajstić information content (AvgIpc) is 3.14. The normalized spacial score (nSPS) is 23.9. The Kier molecular flexibility index (Phi) is 5.84. The van der Waals surface area contributed by atoms with E-state index in [1.165, 1.54) is 48.1 Å². The van der Waals surface area contributed by atoms with Crippen LogP contribution in [-0.4, -0.2) is 23.7 Å². The maximum Gasteiger partial charge on any atom is 0.0691 e. The third kappa shape index (κ3) is 4.16. The van der Waals surface area contributed by atoms with Crippen molar-refractivity contribution in [3.8, 4) is 0 Å². The van der Waals surface area contributed by atoms with Gasteiger partial charge in [0.25, 0.3) is 0 Å². The summed E-state index contributed by atoms with van der Waals surface area (Å²) >= 11 is 0. The third-order valence-electron chi connectivity index (χ3n) is 6.97. The molecule has 0 radical (unpaired) electrons. The Morgan fingerprint density at radius 1 is 1.07 bits per heavy atom. The number of nitrogens with zero attached hydrogens (tertiary/aromatic N) is 1. The van der Waals surface area contributed by atoms with Crippen molar-refractivity contribution >= 4 is 0 Å². The molecular weight excluding hydrogens is 344 g/mol. The first kappa shape index (κ1) is 19.6. The highest BCUT2D eigenvalue weighted by atomic mass is 16.5. The minimum Gasteiger partial charge on any atom is -0.375 e. The zero-order valence-electron chi connectivity index (χ0n) is 17.5. The maximum atomic E-state index is 6.36. The van der Waals surface area contributed by atoms with E-state index in [-0.39, 0.29) is 11.0 Å². The van der Waals surface area contributed by atoms with Gasteiger partial charge in [-0.05, 0) is 75.8 Å². The van der Waals surface area contributed by atoms with Crippen LogP contribution in [0.3, 0.4) is 0 Å². The number of nitrogens with one attached hydrogen (secondary N) is 1. The predicted octanol–water partition coefficient (Wildman–Crippen LogP) is 5.24. The fraction of sp³-hybridized carbons (Fsp3) is 0.560. The summed E-state index contributed by atoms with van der Waals surface area (Å²) < 4.78 is 6.36. The summed E-state index contributed by atoms with van der Waals surface area (Å²) in [5.41, 5.74) is 5.61. The fourth-order valence-corrected chi connectivity index (χ4v) is 5.39. The first-order valence-corrected chi connectivity index (χ1v) is 10.9. The third-order valence-corrected chi connectivity index (χ3v) is 6.97. The van der Waals surface area contributed by atoms with Crippen molar-refractivity contribution in [1.82, 2.24) is 10.3 Å². The number of aryl methyl sites for hydroxylation is 2. The van der Waals surface area contributed by atoms with Crippen LogP contribution in [0, 0.1) is 13.8 Å². The van der Waals surface area contributed by atoms with Gasteiger partial charge in [0, 0.05) is 30.5 Å². The van der Waals surface area contributed by atoms with Crippen LogP contribution < -0.4 is 5.32 Å². The van der Waals surface area contributed by atoms with E-state index in [0.29, 0.717) is 0 Å². The SMILES string of the molecule is Cc1ccc(CNCCC2(c3ccccn3)CCOC3(CCCC3)C2)c(C)c1. The van der Waals surface area contributed by atoms with Crippen LogP contribution in [-0.2, 0) is 16.7 Å². The number of hydrogen-bond donors (Lipinski definition) is 1. The molecule has 3 heteroatoms. The lowest BCUT2D eigenvalue weighted by molar-refractivity contribution is -0.104. The second-order valence-corrected chi connectivity index (χ2v) is 9.02. The van der Waals surface area contributed by atoms with E-state index < -0.39 is 0 Å². The van der Waals surface area contributed by atoms with Gasteiger partial charge in [-0.15, -0.1) is 0 Å². The zero-order chi connectivity index (χ0) is 19.5. The summed E-state index contributed by atoms with van der Waals surface area (Å²) in [6, 6.07) is 13.1. The highest BCUT2D eigenvalue weighted by Gasteiger charge is 2.48. The Morgan fingerprint density at radius 2 is 1.93 bits per heavy atom. The molecule has 1 unspecified atom stereocenters. The van der Waals surface area contributed by atoms with Crippen molar-refractivity contribution in [2.24, 2.45) is 0 Å². The second kappa shape index (κ2) is 8.34. The Morgan fingerprint density at radius 3 is 2.68 bits per heavy atom. The molecule has 0 amide bonds. The van der Waals surface area contributed by atoms with Gasteiger partial charge in [0.1, 0.15) is 0 Å². The maximum absolute atomic E-state index is 6.36. The lowest BCUT2D eigenvalue weighted by atomic mass is 9.68. The molecule has 1 N–H and O–H groups in total. The Labute approximate surface area is 169 Å². The Balaban J connectivity index is 1.46. The number of pyridine rings is 1. The predicted molar refractivity (Wildman–Crippen MR) is 115 cm³/mol. The van der Waals surface area contributed by atoms with Crippen molar-refractivity contribution in [3.05, 3.63) is 65.0 Å². The van der Waals surface area contributed by atoms with Crippen LogP contribution in [0.5, 0.6) is 0 Å². The van der Waals surface area contributed by atoms with Gasteiger partial charge in [-0.3, -0.25) is 4.98 Å². The molecule has 1 atom stereocenters. The van der Waals surface area contributed by atoms with E-state index in [9.17, 15) is 0 Å². The van der Waals surface area contributed by atoms with Gasteiger partial charge >= 0.3 is 0 Å². The molecule has 2 heterocycles. The van der Waals surface area contributed by atoms with E-state index >= 15 is 0 Å². The van der Waals surface area contributed by atoms with Gasteiger partial charge in [0.15, 0.2) is 0 Å². The van der Waals surface area contributed by atoms with Crippen LogP contribution in [0.25, 0.3) is 0 Å². The summed E-state index contributed by atoms with van der Waals surface area (Å²) in [7, 11) is 0. The van der Waals surface area contributed by atoms with Crippen LogP contribution in [0.15, 0.2) is 42.6 Å². The van der Waals surface area contributed by atoms with E-state index in [4.69, 9.17) is 9.72 Å². The molecule has 4 rings (SSSR count). The van der Waals surface area contributed by atoms with Gasteiger partial charge in [0.05, 0.1) is 5.60 Å². The number of ether oxygens (including phenoxy) is 1. The topological polar surface area (TPSA) is 34.2 Å². The van der Waals surface area contributed by atoms with Crippen LogP contribution in [0.4, 0.5) is 0 Å². The second-order valence-electron chi connectivity index (χ2n) is 9.02. The average molecular weight is 379 g/mol. The van der Waals surface area contributed by atoms with Crippen LogP contribution in [0.1, 0.15) is 67.3 Å². The molecule has 2 aromatic rings. The summed E-state index contributed by atoms with van der Waals surface area (Å²) in [5.74, 6) is 0. The van der Waals surface area contributed by atoms with Crippen molar-refractivity contribution < 1.29 is 4.74 Å². The lowest BCUT2D eigenvalue weighted by Crippen LogP contribution is -2.47. The minimum atomic E-state index is 0.101.